The highest BCUT2D eigenvalue weighted by Gasteiger charge is 2.24. The summed E-state index contributed by atoms with van der Waals surface area (Å²) in [5.74, 6) is 0. The zero-order valence-corrected chi connectivity index (χ0v) is 19.1. The van der Waals surface area contributed by atoms with Crippen molar-refractivity contribution in [3.8, 4) is 0 Å². The van der Waals surface area contributed by atoms with Crippen molar-refractivity contribution in [2.75, 3.05) is 41.7 Å². The highest BCUT2D eigenvalue weighted by Crippen LogP contribution is 2.32. The van der Waals surface area contributed by atoms with Gasteiger partial charge in [-0.2, -0.15) is 4.31 Å². The molecular weight excluding hydrogens is 418 g/mol. The molecule has 162 valence electrons. The van der Waals surface area contributed by atoms with Crippen LogP contribution >= 0.6 is 12.2 Å². The van der Waals surface area contributed by atoms with E-state index in [1.54, 1.807) is 24.5 Å². The summed E-state index contributed by atoms with van der Waals surface area (Å²) in [6.45, 7) is 6.43. The number of sulfonamides is 1. The predicted octanol–water partition coefficient (Wildman–Crippen LogP) is 3.91. The molecule has 1 fully saturated rings. The number of piperidine rings is 1. The number of aromatic nitrogens is 1. The molecular formula is C21H29N5O2S2. The van der Waals surface area contributed by atoms with Crippen LogP contribution in [0.5, 0.6) is 0 Å². The molecule has 0 aliphatic carbocycles. The van der Waals surface area contributed by atoms with E-state index in [4.69, 9.17) is 12.2 Å². The molecule has 0 spiro atoms. The topological polar surface area (TPSA) is 77.6 Å². The summed E-state index contributed by atoms with van der Waals surface area (Å²) in [6.07, 6.45) is 6.84. The lowest BCUT2D eigenvalue weighted by molar-refractivity contribution is 0.445. The third-order valence-electron chi connectivity index (χ3n) is 5.18. The molecule has 1 aliphatic rings. The molecule has 1 aromatic heterocycles. The van der Waals surface area contributed by atoms with Crippen LogP contribution in [0.1, 0.15) is 33.1 Å². The molecule has 0 saturated carbocycles. The van der Waals surface area contributed by atoms with Gasteiger partial charge in [0.15, 0.2) is 5.11 Å². The van der Waals surface area contributed by atoms with Gasteiger partial charge in [0.05, 0.1) is 28.2 Å². The first-order valence-electron chi connectivity index (χ1n) is 10.3. The number of anilines is 3. The van der Waals surface area contributed by atoms with Gasteiger partial charge in [0, 0.05) is 32.4 Å². The van der Waals surface area contributed by atoms with Gasteiger partial charge >= 0.3 is 0 Å². The van der Waals surface area contributed by atoms with E-state index < -0.39 is 10.0 Å². The molecule has 3 rings (SSSR count). The Balaban J connectivity index is 1.92. The van der Waals surface area contributed by atoms with E-state index in [2.05, 4.69) is 20.5 Å². The number of hydrogen-bond donors (Lipinski definition) is 2. The zero-order chi connectivity index (χ0) is 21.6. The van der Waals surface area contributed by atoms with Crippen LogP contribution in [0.25, 0.3) is 0 Å². The predicted molar refractivity (Wildman–Crippen MR) is 127 cm³/mol. The largest absolute Gasteiger partial charge is 0.370 e. The smallest absolute Gasteiger partial charge is 0.243 e. The lowest BCUT2D eigenvalue weighted by Crippen LogP contribution is -2.32. The Kier molecular flexibility index (Phi) is 7.63. The highest BCUT2D eigenvalue weighted by atomic mass is 32.2. The van der Waals surface area contributed by atoms with Gasteiger partial charge in [-0.25, -0.2) is 8.42 Å². The van der Waals surface area contributed by atoms with Gasteiger partial charge in [-0.1, -0.05) is 13.8 Å². The summed E-state index contributed by atoms with van der Waals surface area (Å²) >= 11 is 5.48. The lowest BCUT2D eigenvalue weighted by atomic mass is 10.1. The Labute approximate surface area is 184 Å². The normalized spacial score (nSPS) is 14.6. The summed E-state index contributed by atoms with van der Waals surface area (Å²) in [5.41, 5.74) is 2.41. The van der Waals surface area contributed by atoms with E-state index in [0.717, 1.165) is 37.3 Å². The van der Waals surface area contributed by atoms with Gasteiger partial charge in [-0.05, 0) is 61.8 Å². The number of nitrogens with one attached hydrogen (secondary N) is 2. The summed E-state index contributed by atoms with van der Waals surface area (Å²) in [6, 6.07) is 8.96. The van der Waals surface area contributed by atoms with Crippen LogP contribution < -0.4 is 15.5 Å². The van der Waals surface area contributed by atoms with E-state index in [-0.39, 0.29) is 4.90 Å². The average molecular weight is 448 g/mol. The van der Waals surface area contributed by atoms with Crippen molar-refractivity contribution < 1.29 is 8.42 Å². The number of hydrogen-bond acceptors (Lipinski definition) is 5. The third kappa shape index (κ3) is 5.27. The first-order chi connectivity index (χ1) is 14.5. The molecule has 2 N–H and O–H groups in total. The molecule has 0 amide bonds. The Morgan fingerprint density at radius 2 is 1.87 bits per heavy atom. The fraction of sp³-hybridized carbons (Fsp3) is 0.429. The zero-order valence-electron chi connectivity index (χ0n) is 17.5. The number of nitrogens with zero attached hydrogens (tertiary/aromatic N) is 3. The molecule has 0 unspecified atom stereocenters. The van der Waals surface area contributed by atoms with Crippen molar-refractivity contribution in [3.05, 3.63) is 42.7 Å². The van der Waals surface area contributed by atoms with E-state index >= 15 is 0 Å². The van der Waals surface area contributed by atoms with Crippen LogP contribution in [0.3, 0.4) is 0 Å². The van der Waals surface area contributed by atoms with E-state index in [9.17, 15) is 8.42 Å². The van der Waals surface area contributed by atoms with E-state index in [1.807, 2.05) is 32.0 Å². The van der Waals surface area contributed by atoms with Crippen LogP contribution in [-0.4, -0.2) is 49.0 Å². The minimum atomic E-state index is -3.56. The van der Waals surface area contributed by atoms with Crippen LogP contribution in [0, 0.1) is 0 Å². The Bertz CT molecular complexity index is 957. The Morgan fingerprint density at radius 3 is 2.50 bits per heavy atom. The highest BCUT2D eigenvalue weighted by molar-refractivity contribution is 7.89. The summed E-state index contributed by atoms with van der Waals surface area (Å²) in [4.78, 5) is 6.62. The van der Waals surface area contributed by atoms with Gasteiger partial charge in [0.25, 0.3) is 0 Å². The van der Waals surface area contributed by atoms with Crippen molar-refractivity contribution in [2.24, 2.45) is 0 Å². The van der Waals surface area contributed by atoms with E-state index in [1.165, 1.54) is 10.7 Å². The third-order valence-corrected chi connectivity index (χ3v) is 7.43. The molecule has 2 aromatic rings. The van der Waals surface area contributed by atoms with Crippen LogP contribution in [0.15, 0.2) is 47.6 Å². The van der Waals surface area contributed by atoms with Crippen molar-refractivity contribution in [2.45, 2.75) is 38.0 Å². The van der Waals surface area contributed by atoms with Gasteiger partial charge < -0.3 is 15.5 Å². The molecule has 1 aliphatic heterocycles. The molecule has 0 atom stereocenters. The average Bonchev–Trinajstić information content (AvgIpc) is 2.75. The second kappa shape index (κ2) is 10.2. The van der Waals surface area contributed by atoms with Gasteiger partial charge in [-0.15, -0.1) is 0 Å². The standard InChI is InChI=1S/C21H29N5O2S2/c1-3-26(4-2)30(27,28)18-10-11-20(25-13-6-5-7-14-25)19(15-18)24-21(29)23-17-9-8-12-22-16-17/h8-12,15-16H,3-7,13-14H2,1-2H3,(H2,23,24,29). The molecule has 1 aromatic carbocycles. The van der Waals surface area contributed by atoms with E-state index in [0.29, 0.717) is 23.9 Å². The van der Waals surface area contributed by atoms with Gasteiger partial charge in [-0.3, -0.25) is 4.98 Å². The molecule has 2 heterocycles. The SMILES string of the molecule is CCN(CC)S(=O)(=O)c1ccc(N2CCCCC2)c(NC(=S)Nc2cccnc2)c1. The maximum atomic E-state index is 13.0. The summed E-state index contributed by atoms with van der Waals surface area (Å²) in [7, 11) is -3.56. The Hall–Kier alpha value is -2.23. The second-order valence-electron chi connectivity index (χ2n) is 7.14. The van der Waals surface area contributed by atoms with Gasteiger partial charge in [0.1, 0.15) is 0 Å². The fourth-order valence-corrected chi connectivity index (χ4v) is 5.33. The molecule has 30 heavy (non-hydrogen) atoms. The summed E-state index contributed by atoms with van der Waals surface area (Å²) in [5, 5.41) is 6.70. The molecule has 0 radical (unpaired) electrons. The molecule has 1 saturated heterocycles. The molecule has 9 heteroatoms. The van der Waals surface area contributed by atoms with Crippen LogP contribution in [0.2, 0.25) is 0 Å². The number of thiocarbonyl (C=S) groups is 1. The second-order valence-corrected chi connectivity index (χ2v) is 9.48. The minimum Gasteiger partial charge on any atom is -0.370 e. The van der Waals surface area contributed by atoms with Crippen molar-refractivity contribution in [1.82, 2.24) is 9.29 Å². The number of pyridine rings is 1. The Morgan fingerprint density at radius 1 is 1.13 bits per heavy atom. The first-order valence-corrected chi connectivity index (χ1v) is 12.2. The van der Waals surface area contributed by atoms with Crippen LogP contribution in [-0.2, 0) is 10.0 Å². The first kappa shape index (κ1) is 22.5. The lowest BCUT2D eigenvalue weighted by Gasteiger charge is -2.31. The monoisotopic (exact) mass is 447 g/mol. The molecule has 7 nitrogen and oxygen atoms in total. The molecule has 0 bridgehead atoms. The van der Waals surface area contributed by atoms with Gasteiger partial charge in [0.2, 0.25) is 10.0 Å². The number of rotatable bonds is 7. The quantitative estimate of drug-likeness (QED) is 0.623. The van der Waals surface area contributed by atoms with Crippen molar-refractivity contribution in [1.29, 1.82) is 0 Å². The maximum absolute atomic E-state index is 13.0. The fourth-order valence-electron chi connectivity index (χ4n) is 3.62. The minimum absolute atomic E-state index is 0.263. The van der Waals surface area contributed by atoms with Crippen molar-refractivity contribution in [3.63, 3.8) is 0 Å². The summed E-state index contributed by atoms with van der Waals surface area (Å²) < 4.78 is 27.5. The number of benzene rings is 1. The maximum Gasteiger partial charge on any atom is 0.243 e. The van der Waals surface area contributed by atoms with Crippen molar-refractivity contribution >= 4 is 44.4 Å². The van der Waals surface area contributed by atoms with Crippen LogP contribution in [0.4, 0.5) is 17.1 Å².